The van der Waals surface area contributed by atoms with Gasteiger partial charge >= 0.3 is 5.97 Å². The number of nitrogens with two attached hydrogens (primary N) is 5. The van der Waals surface area contributed by atoms with E-state index in [1.54, 1.807) is 0 Å². The van der Waals surface area contributed by atoms with Crippen LogP contribution >= 0.6 is 0 Å². The van der Waals surface area contributed by atoms with Crippen molar-refractivity contribution in [1.29, 1.82) is 0 Å². The van der Waals surface area contributed by atoms with Crippen LogP contribution in [0.3, 0.4) is 0 Å². The molecule has 16 nitrogen and oxygen atoms in total. The van der Waals surface area contributed by atoms with Gasteiger partial charge in [0.25, 0.3) is 0 Å². The molecule has 0 aromatic heterocycles. The van der Waals surface area contributed by atoms with Gasteiger partial charge in [-0.1, -0.05) is 0 Å². The molecule has 1 aliphatic rings. The highest BCUT2D eigenvalue weighted by Gasteiger charge is 2.37. The van der Waals surface area contributed by atoms with E-state index in [-0.39, 0.29) is 44.4 Å². The molecule has 0 radical (unpaired) electrons. The predicted octanol–water partition coefficient (Wildman–Crippen LogP) is -4.54. The van der Waals surface area contributed by atoms with Gasteiger partial charge in [0.1, 0.15) is 24.2 Å². The van der Waals surface area contributed by atoms with Crippen molar-refractivity contribution in [3.8, 4) is 0 Å². The van der Waals surface area contributed by atoms with Crippen LogP contribution in [0, 0.1) is 0 Å². The molecular weight excluding hydrogens is 476 g/mol. The molecule has 0 aliphatic carbocycles. The first-order valence-corrected chi connectivity index (χ1v) is 11.6. The number of carboxylic acid groups (broad SMARTS) is 1. The van der Waals surface area contributed by atoms with Gasteiger partial charge in [0.05, 0.1) is 6.61 Å². The van der Waals surface area contributed by atoms with Gasteiger partial charge in [-0.05, 0) is 38.5 Å². The molecule has 3 amide bonds. The Labute approximate surface area is 208 Å². The molecule has 204 valence electrons. The highest BCUT2D eigenvalue weighted by atomic mass is 16.4. The number of aliphatic hydroxyl groups is 1. The molecular formula is C20H38N10O6. The van der Waals surface area contributed by atoms with E-state index in [2.05, 4.69) is 20.6 Å². The Morgan fingerprint density at radius 1 is 0.944 bits per heavy atom. The number of hydrogen-bond donors (Lipinski definition) is 9. The van der Waals surface area contributed by atoms with Gasteiger partial charge in [0.15, 0.2) is 11.9 Å². The van der Waals surface area contributed by atoms with Gasteiger partial charge in [-0.3, -0.25) is 24.4 Å². The van der Waals surface area contributed by atoms with Crippen molar-refractivity contribution in [3.05, 3.63) is 0 Å². The summed E-state index contributed by atoms with van der Waals surface area (Å²) in [5.74, 6) is -3.40. The van der Waals surface area contributed by atoms with Gasteiger partial charge < -0.3 is 54.4 Å². The fourth-order valence-electron chi connectivity index (χ4n) is 3.67. The molecule has 1 rings (SSSR count). The molecule has 1 saturated heterocycles. The summed E-state index contributed by atoms with van der Waals surface area (Å²) in [6.07, 6.45) is 1.64. The van der Waals surface area contributed by atoms with Crippen LogP contribution in [0.25, 0.3) is 0 Å². The number of nitrogens with one attached hydrogen (secondary N) is 2. The molecule has 16 heteroatoms. The maximum atomic E-state index is 13.0. The minimum absolute atomic E-state index is 0.0521. The third-order valence-corrected chi connectivity index (χ3v) is 5.49. The molecule has 4 unspecified atom stereocenters. The summed E-state index contributed by atoms with van der Waals surface area (Å²) in [5, 5.41) is 23.7. The number of hydrogen-bond acceptors (Lipinski definition) is 8. The topological polar surface area (TPSA) is 291 Å². The summed E-state index contributed by atoms with van der Waals surface area (Å²) in [6.45, 7) is 0.0759. The van der Waals surface area contributed by atoms with Crippen molar-refractivity contribution in [2.45, 2.75) is 62.7 Å². The fraction of sp³-hybridized carbons (Fsp3) is 0.700. The molecule has 0 aromatic carbocycles. The van der Waals surface area contributed by atoms with E-state index in [0.29, 0.717) is 25.7 Å². The monoisotopic (exact) mass is 514 g/mol. The molecule has 4 atom stereocenters. The van der Waals surface area contributed by atoms with Crippen molar-refractivity contribution in [1.82, 2.24) is 15.5 Å². The summed E-state index contributed by atoms with van der Waals surface area (Å²) in [4.78, 5) is 59.0. The predicted molar refractivity (Wildman–Crippen MR) is 131 cm³/mol. The van der Waals surface area contributed by atoms with Crippen LogP contribution in [0.2, 0.25) is 0 Å². The number of rotatable bonds is 15. The number of nitrogens with zero attached hydrogens (tertiary/aromatic N) is 3. The second-order valence-corrected chi connectivity index (χ2v) is 8.34. The lowest BCUT2D eigenvalue weighted by Crippen LogP contribution is -2.57. The molecule has 0 aromatic rings. The van der Waals surface area contributed by atoms with E-state index < -0.39 is 54.5 Å². The molecule has 0 bridgehead atoms. The van der Waals surface area contributed by atoms with Gasteiger partial charge in [0, 0.05) is 19.6 Å². The Bertz CT molecular complexity index is 828. The molecule has 0 spiro atoms. The van der Waals surface area contributed by atoms with E-state index in [1.165, 1.54) is 4.90 Å². The maximum Gasteiger partial charge on any atom is 0.326 e. The van der Waals surface area contributed by atoms with E-state index in [0.717, 1.165) is 0 Å². The number of guanidine groups is 2. The number of amides is 3. The number of aliphatic imine (C=N–C) groups is 2. The summed E-state index contributed by atoms with van der Waals surface area (Å²) in [7, 11) is 0. The number of likely N-dealkylation sites (tertiary alicyclic amines) is 1. The molecule has 0 saturated carbocycles. The lowest BCUT2D eigenvalue weighted by atomic mass is 10.1. The quantitative estimate of drug-likeness (QED) is 0.0569. The first-order chi connectivity index (χ1) is 17.0. The molecule has 1 heterocycles. The maximum absolute atomic E-state index is 13.0. The largest absolute Gasteiger partial charge is 0.480 e. The number of carboxylic acids is 1. The zero-order chi connectivity index (χ0) is 27.3. The minimum Gasteiger partial charge on any atom is -0.480 e. The van der Waals surface area contributed by atoms with Crippen molar-refractivity contribution in [2.24, 2.45) is 38.7 Å². The lowest BCUT2D eigenvalue weighted by Gasteiger charge is -2.28. The average molecular weight is 515 g/mol. The van der Waals surface area contributed by atoms with Crippen LogP contribution in [0.4, 0.5) is 0 Å². The Morgan fingerprint density at radius 2 is 1.50 bits per heavy atom. The Hall–Kier alpha value is -3.66. The smallest absolute Gasteiger partial charge is 0.326 e. The van der Waals surface area contributed by atoms with Gasteiger partial charge in [-0.2, -0.15) is 0 Å². The number of aliphatic hydroxyl groups excluding tert-OH is 1. The van der Waals surface area contributed by atoms with E-state index in [9.17, 15) is 29.4 Å². The minimum atomic E-state index is -1.26. The average Bonchev–Trinajstić information content (AvgIpc) is 3.31. The van der Waals surface area contributed by atoms with Crippen LogP contribution in [0.1, 0.15) is 38.5 Å². The highest BCUT2D eigenvalue weighted by molar-refractivity contribution is 5.94. The van der Waals surface area contributed by atoms with Crippen LogP contribution in [0.15, 0.2) is 9.98 Å². The van der Waals surface area contributed by atoms with Crippen molar-refractivity contribution in [2.75, 3.05) is 26.2 Å². The molecule has 1 fully saturated rings. The third-order valence-electron chi connectivity index (χ3n) is 5.49. The Morgan fingerprint density at radius 3 is 2.00 bits per heavy atom. The summed E-state index contributed by atoms with van der Waals surface area (Å²) < 4.78 is 0. The summed E-state index contributed by atoms with van der Waals surface area (Å²) >= 11 is 0. The molecule has 36 heavy (non-hydrogen) atoms. The SMILES string of the molecule is NC(N)=NCCCC(NC(=O)C(CCCN=C(N)N)NC(=O)C1CCCN1C(=O)C(N)CO)C(=O)O. The standard InChI is InChI=1S/C20H38N10O6/c21-11(10-31)17(34)30-9-3-6-14(30)16(33)28-12(4-1-7-26-19(22)23)15(32)29-13(18(35)36)5-2-8-27-20(24)25/h11-14,31H,1-10,21H2,(H,28,33)(H,29,32)(H,35,36)(H4,22,23,26)(H4,24,25,27). The Kier molecular flexibility index (Phi) is 13.0. The van der Waals surface area contributed by atoms with Crippen LogP contribution in [-0.2, 0) is 19.2 Å². The molecule has 1 aliphatic heterocycles. The zero-order valence-corrected chi connectivity index (χ0v) is 20.1. The number of carbonyl (C=O) groups is 4. The normalized spacial score (nSPS) is 17.4. The fourth-order valence-corrected chi connectivity index (χ4v) is 3.67. The van der Waals surface area contributed by atoms with E-state index in [1.807, 2.05) is 0 Å². The second-order valence-electron chi connectivity index (χ2n) is 8.34. The van der Waals surface area contributed by atoms with E-state index >= 15 is 0 Å². The lowest BCUT2D eigenvalue weighted by molar-refractivity contribution is -0.143. The van der Waals surface area contributed by atoms with Crippen LogP contribution in [-0.4, -0.2) is 101 Å². The number of carbonyl (C=O) groups excluding carboxylic acids is 3. The first-order valence-electron chi connectivity index (χ1n) is 11.6. The van der Waals surface area contributed by atoms with Crippen LogP contribution in [0.5, 0.6) is 0 Å². The van der Waals surface area contributed by atoms with Crippen molar-refractivity contribution >= 4 is 35.6 Å². The third kappa shape index (κ3) is 10.3. The van der Waals surface area contributed by atoms with Crippen molar-refractivity contribution in [3.63, 3.8) is 0 Å². The zero-order valence-electron chi connectivity index (χ0n) is 20.1. The van der Waals surface area contributed by atoms with Crippen LogP contribution < -0.4 is 39.3 Å². The van der Waals surface area contributed by atoms with Gasteiger partial charge in [-0.15, -0.1) is 0 Å². The Balaban J connectivity index is 2.92. The molecule has 14 N–H and O–H groups in total. The summed E-state index contributed by atoms with van der Waals surface area (Å²) in [5.41, 5.74) is 26.7. The van der Waals surface area contributed by atoms with E-state index in [4.69, 9.17) is 28.7 Å². The highest BCUT2D eigenvalue weighted by Crippen LogP contribution is 2.19. The second kappa shape index (κ2) is 15.4. The van der Waals surface area contributed by atoms with Gasteiger partial charge in [-0.25, -0.2) is 4.79 Å². The number of aliphatic carboxylic acids is 1. The summed E-state index contributed by atoms with van der Waals surface area (Å²) in [6, 6.07) is -4.39. The van der Waals surface area contributed by atoms with Crippen molar-refractivity contribution < 1.29 is 29.4 Å². The van der Waals surface area contributed by atoms with Gasteiger partial charge in [0.2, 0.25) is 17.7 Å². The first kappa shape index (κ1) is 30.4.